The van der Waals surface area contributed by atoms with E-state index in [1.807, 2.05) is 72.8 Å². The first-order valence-corrected chi connectivity index (χ1v) is 26.2. The second-order valence-electron chi connectivity index (χ2n) is 17.7. The SMILES string of the molecule is CC(=O)N/C(=C\C#C[Si](C(C)C)(C(C)C)C(C)C)c1ccc(-c2ccccc2)cc1.CC(=O)N/C(=C\C#C[Si](C(C)C)(C(C)C)C(C)C)c1ccc(-c2ccccc2)cc1. The Kier molecular flexibility index (Phi) is 18.9. The summed E-state index contributed by atoms with van der Waals surface area (Å²) in [7, 11) is -3.61. The molecule has 316 valence electrons. The summed E-state index contributed by atoms with van der Waals surface area (Å²) in [6.45, 7) is 30.8. The number of benzene rings is 4. The molecule has 0 fully saturated rings. The fourth-order valence-corrected chi connectivity index (χ4v) is 19.4. The number of hydrogen-bond donors (Lipinski definition) is 2. The molecule has 0 heterocycles. The first kappa shape index (κ1) is 49.2. The van der Waals surface area contributed by atoms with E-state index in [1.165, 1.54) is 25.0 Å². The van der Waals surface area contributed by atoms with Gasteiger partial charge in [0.05, 0.1) is 11.4 Å². The summed E-state index contributed by atoms with van der Waals surface area (Å²) in [5, 5.41) is 5.93. The maximum Gasteiger partial charge on any atom is 0.221 e. The highest BCUT2D eigenvalue weighted by Gasteiger charge is 2.42. The van der Waals surface area contributed by atoms with Gasteiger partial charge in [0, 0.05) is 26.0 Å². The van der Waals surface area contributed by atoms with Crippen molar-refractivity contribution in [2.45, 2.75) is 130 Å². The van der Waals surface area contributed by atoms with Gasteiger partial charge in [0.15, 0.2) is 0 Å². The molecule has 4 nitrogen and oxygen atoms in total. The molecule has 0 aromatic heterocycles. The summed E-state index contributed by atoms with van der Waals surface area (Å²) in [6.07, 6.45) is 3.77. The maximum atomic E-state index is 11.8. The highest BCUT2D eigenvalue weighted by atomic mass is 28.3. The van der Waals surface area contributed by atoms with Crippen LogP contribution in [0.2, 0.25) is 33.2 Å². The van der Waals surface area contributed by atoms with E-state index in [1.54, 1.807) is 0 Å². The topological polar surface area (TPSA) is 58.2 Å². The normalized spacial score (nSPS) is 12.1. The minimum atomic E-state index is -1.81. The molecular formula is C54H70N2O2Si2. The van der Waals surface area contributed by atoms with Gasteiger partial charge >= 0.3 is 0 Å². The van der Waals surface area contributed by atoms with Crippen LogP contribution in [0, 0.1) is 22.9 Å². The molecule has 0 aliphatic rings. The lowest BCUT2D eigenvalue weighted by Gasteiger charge is -2.38. The molecule has 4 rings (SSSR count). The molecule has 0 spiro atoms. The largest absolute Gasteiger partial charge is 0.325 e. The fourth-order valence-electron chi connectivity index (χ4n) is 9.04. The molecule has 0 saturated heterocycles. The van der Waals surface area contributed by atoms with Gasteiger partial charge in [0.25, 0.3) is 0 Å². The van der Waals surface area contributed by atoms with Gasteiger partial charge in [-0.25, -0.2) is 0 Å². The first-order chi connectivity index (χ1) is 28.4. The molecule has 6 heteroatoms. The van der Waals surface area contributed by atoms with Gasteiger partial charge in [-0.2, -0.15) is 0 Å². The molecule has 0 unspecified atom stereocenters. The zero-order valence-electron chi connectivity index (χ0n) is 38.8. The predicted octanol–water partition coefficient (Wildman–Crippen LogP) is 14.1. The third kappa shape index (κ3) is 12.9. The number of carbonyl (C=O) groups is 2. The zero-order valence-corrected chi connectivity index (χ0v) is 40.8. The van der Waals surface area contributed by atoms with Crippen molar-refractivity contribution in [3.05, 3.63) is 132 Å². The van der Waals surface area contributed by atoms with Crippen molar-refractivity contribution in [1.82, 2.24) is 10.6 Å². The smallest absolute Gasteiger partial charge is 0.221 e. The molecule has 2 N–H and O–H groups in total. The Hall–Kier alpha value is -5.15. The van der Waals surface area contributed by atoms with Gasteiger partial charge < -0.3 is 10.6 Å². The lowest BCUT2D eigenvalue weighted by atomic mass is 10.0. The van der Waals surface area contributed by atoms with Crippen LogP contribution in [0.3, 0.4) is 0 Å². The van der Waals surface area contributed by atoms with Crippen molar-refractivity contribution in [2.24, 2.45) is 0 Å². The Labute approximate surface area is 365 Å². The molecular weight excluding hydrogens is 765 g/mol. The van der Waals surface area contributed by atoms with Crippen LogP contribution < -0.4 is 10.6 Å². The molecule has 4 aromatic carbocycles. The average Bonchev–Trinajstić information content (AvgIpc) is 3.20. The van der Waals surface area contributed by atoms with Gasteiger partial charge in [-0.15, -0.1) is 11.1 Å². The van der Waals surface area contributed by atoms with Gasteiger partial charge in [-0.3, -0.25) is 9.59 Å². The van der Waals surface area contributed by atoms with E-state index in [-0.39, 0.29) is 11.8 Å². The van der Waals surface area contributed by atoms with Crippen LogP contribution >= 0.6 is 0 Å². The second kappa shape index (κ2) is 23.0. The van der Waals surface area contributed by atoms with Crippen LogP contribution in [-0.2, 0) is 9.59 Å². The van der Waals surface area contributed by atoms with Crippen LogP contribution in [0.25, 0.3) is 33.6 Å². The fraction of sp³-hybridized carbons (Fsp3) is 0.370. The summed E-state index contributed by atoms with van der Waals surface area (Å²) in [6, 6.07) is 37.1. The molecule has 0 bridgehead atoms. The minimum Gasteiger partial charge on any atom is -0.325 e. The molecule has 0 aliphatic carbocycles. The second-order valence-corrected chi connectivity index (χ2v) is 28.9. The Balaban J connectivity index is 0.000000320. The Morgan fingerprint density at radius 3 is 0.900 bits per heavy atom. The molecule has 0 radical (unpaired) electrons. The number of hydrogen-bond acceptors (Lipinski definition) is 2. The molecule has 4 aromatic rings. The Morgan fingerprint density at radius 1 is 0.417 bits per heavy atom. The third-order valence-electron chi connectivity index (χ3n) is 12.0. The summed E-state index contributed by atoms with van der Waals surface area (Å²) >= 11 is 0. The highest BCUT2D eigenvalue weighted by molar-refractivity contribution is 6.91. The van der Waals surface area contributed by atoms with Crippen molar-refractivity contribution in [1.29, 1.82) is 0 Å². The Morgan fingerprint density at radius 2 is 0.667 bits per heavy atom. The predicted molar refractivity (Wildman–Crippen MR) is 265 cm³/mol. The number of rotatable bonds is 12. The van der Waals surface area contributed by atoms with E-state index >= 15 is 0 Å². The summed E-state index contributed by atoms with van der Waals surface area (Å²) in [5.74, 6) is 6.54. The van der Waals surface area contributed by atoms with Crippen LogP contribution in [0.1, 0.15) is 108 Å². The van der Waals surface area contributed by atoms with Crippen molar-refractivity contribution < 1.29 is 9.59 Å². The van der Waals surface area contributed by atoms with Crippen LogP contribution in [0.5, 0.6) is 0 Å². The van der Waals surface area contributed by atoms with Gasteiger partial charge in [0.1, 0.15) is 16.1 Å². The molecule has 0 aliphatic heterocycles. The number of amides is 2. The maximum absolute atomic E-state index is 11.8. The van der Waals surface area contributed by atoms with Crippen molar-refractivity contribution in [3.8, 4) is 45.2 Å². The number of carbonyl (C=O) groups excluding carboxylic acids is 2. The minimum absolute atomic E-state index is 0.0877. The average molecular weight is 835 g/mol. The van der Waals surface area contributed by atoms with Gasteiger partial charge in [0.2, 0.25) is 11.8 Å². The van der Waals surface area contributed by atoms with Crippen molar-refractivity contribution in [2.75, 3.05) is 0 Å². The van der Waals surface area contributed by atoms with E-state index in [0.29, 0.717) is 33.2 Å². The highest BCUT2D eigenvalue weighted by Crippen LogP contribution is 2.42. The summed E-state index contributed by atoms with van der Waals surface area (Å²) in [4.78, 5) is 23.6. The lowest BCUT2D eigenvalue weighted by molar-refractivity contribution is -0.118. The summed E-state index contributed by atoms with van der Waals surface area (Å²) < 4.78 is 0. The van der Waals surface area contributed by atoms with Crippen molar-refractivity contribution >= 4 is 39.4 Å². The quantitative estimate of drug-likeness (QED) is 0.110. The van der Waals surface area contributed by atoms with Crippen molar-refractivity contribution in [3.63, 3.8) is 0 Å². The number of allylic oxidation sites excluding steroid dienone is 2. The van der Waals surface area contributed by atoms with Crippen LogP contribution in [-0.4, -0.2) is 28.0 Å². The van der Waals surface area contributed by atoms with E-state index in [0.717, 1.165) is 33.6 Å². The summed E-state index contributed by atoms with van der Waals surface area (Å²) in [5.41, 5.74) is 19.0. The van der Waals surface area contributed by atoms with E-state index in [2.05, 4.69) is 165 Å². The van der Waals surface area contributed by atoms with E-state index < -0.39 is 16.1 Å². The standard InChI is InChI=1S/2C27H35NOSi/c2*1-20(2)30(21(3)4,22(5)6)19-11-14-27(28-23(7)29)26-17-15-25(16-18-26)24-12-9-8-10-13-24/h2*8-10,12-18,20-22H,1-7H3,(H,28,29)/b2*27-14-. The van der Waals surface area contributed by atoms with E-state index in [9.17, 15) is 9.59 Å². The molecule has 0 atom stereocenters. The third-order valence-corrected chi connectivity index (χ3v) is 24.6. The van der Waals surface area contributed by atoms with Gasteiger partial charge in [-0.05, 0) is 66.6 Å². The lowest BCUT2D eigenvalue weighted by Crippen LogP contribution is -2.43. The molecule has 0 saturated carbocycles. The van der Waals surface area contributed by atoms with Gasteiger partial charge in [-0.1, -0.05) is 204 Å². The first-order valence-electron chi connectivity index (χ1n) is 21.7. The van der Waals surface area contributed by atoms with E-state index in [4.69, 9.17) is 0 Å². The van der Waals surface area contributed by atoms with Crippen LogP contribution in [0.15, 0.2) is 121 Å². The monoisotopic (exact) mass is 834 g/mol. The Bertz CT molecular complexity index is 1970. The number of nitrogens with one attached hydrogen (secondary N) is 2. The van der Waals surface area contributed by atoms with Crippen LogP contribution in [0.4, 0.5) is 0 Å². The zero-order chi connectivity index (χ0) is 44.6. The molecule has 2 amide bonds. The molecule has 60 heavy (non-hydrogen) atoms.